The molecule has 138 valence electrons. The van der Waals surface area contributed by atoms with Crippen LogP contribution >= 0.6 is 0 Å². The summed E-state index contributed by atoms with van der Waals surface area (Å²) < 4.78 is 1.66. The molecule has 28 heavy (non-hydrogen) atoms. The van der Waals surface area contributed by atoms with E-state index >= 15 is 0 Å². The van der Waals surface area contributed by atoms with Crippen LogP contribution in [0, 0.1) is 0 Å². The van der Waals surface area contributed by atoms with Gasteiger partial charge in [0.2, 0.25) is 0 Å². The molecule has 3 aromatic carbocycles. The standard InChI is InChI=1S/C22H17N3O3/c1-25-18-8-4-7-15(11-12-19(26)27)20(18)21(24-25)23-22(28)17-10-9-14-5-2-3-6-16(14)13-17/h2-13H,1H3,(H,26,27)(H,23,24,28). The number of carbonyl (C=O) groups excluding carboxylic acids is 1. The maximum absolute atomic E-state index is 12.8. The molecule has 0 fully saturated rings. The van der Waals surface area contributed by atoms with E-state index in [4.69, 9.17) is 5.11 Å². The summed E-state index contributed by atoms with van der Waals surface area (Å²) in [5.41, 5.74) is 1.99. The number of carboxylic acids is 1. The van der Waals surface area contributed by atoms with Crippen LogP contribution in [0.5, 0.6) is 0 Å². The lowest BCUT2D eigenvalue weighted by atomic mass is 10.1. The summed E-state index contributed by atoms with van der Waals surface area (Å²) >= 11 is 0. The van der Waals surface area contributed by atoms with Crippen LogP contribution in [0.25, 0.3) is 27.8 Å². The van der Waals surface area contributed by atoms with E-state index in [1.54, 1.807) is 23.9 Å². The van der Waals surface area contributed by atoms with E-state index in [0.717, 1.165) is 22.4 Å². The number of carbonyl (C=O) groups is 2. The molecule has 4 rings (SSSR count). The van der Waals surface area contributed by atoms with Gasteiger partial charge in [0.25, 0.3) is 5.91 Å². The first-order chi connectivity index (χ1) is 13.5. The maximum Gasteiger partial charge on any atom is 0.328 e. The summed E-state index contributed by atoms with van der Waals surface area (Å²) in [5, 5.41) is 18.9. The molecular formula is C22H17N3O3. The van der Waals surface area contributed by atoms with E-state index in [0.29, 0.717) is 22.3 Å². The number of carboxylic acid groups (broad SMARTS) is 1. The van der Waals surface area contributed by atoms with Gasteiger partial charge in [-0.1, -0.05) is 42.5 Å². The molecule has 0 aliphatic carbocycles. The van der Waals surface area contributed by atoms with Gasteiger partial charge in [0, 0.05) is 18.7 Å². The molecule has 1 heterocycles. The van der Waals surface area contributed by atoms with Gasteiger partial charge in [-0.25, -0.2) is 4.79 Å². The highest BCUT2D eigenvalue weighted by Crippen LogP contribution is 2.28. The molecule has 0 spiro atoms. The number of amides is 1. The van der Waals surface area contributed by atoms with E-state index in [2.05, 4.69) is 10.4 Å². The number of fused-ring (bicyclic) bond motifs is 2. The molecule has 0 unspecified atom stereocenters. The van der Waals surface area contributed by atoms with Crippen molar-refractivity contribution < 1.29 is 14.7 Å². The predicted octanol–water partition coefficient (Wildman–Crippen LogP) is 4.08. The number of anilines is 1. The van der Waals surface area contributed by atoms with Crippen LogP contribution in [0.15, 0.2) is 66.7 Å². The number of benzene rings is 3. The molecule has 0 radical (unpaired) electrons. The van der Waals surface area contributed by atoms with Crippen LogP contribution in [0.4, 0.5) is 5.82 Å². The highest BCUT2D eigenvalue weighted by molar-refractivity contribution is 6.11. The molecular weight excluding hydrogens is 354 g/mol. The predicted molar refractivity (Wildman–Crippen MR) is 109 cm³/mol. The van der Waals surface area contributed by atoms with Gasteiger partial charge in [-0.3, -0.25) is 9.48 Å². The normalized spacial score (nSPS) is 11.3. The molecule has 6 heteroatoms. The molecule has 1 aromatic heterocycles. The fourth-order valence-corrected chi connectivity index (χ4v) is 3.24. The Balaban J connectivity index is 1.74. The van der Waals surface area contributed by atoms with Crippen molar-refractivity contribution in [1.29, 1.82) is 0 Å². The van der Waals surface area contributed by atoms with Crippen LogP contribution < -0.4 is 5.32 Å². The van der Waals surface area contributed by atoms with Crippen molar-refractivity contribution in [2.45, 2.75) is 0 Å². The average molecular weight is 371 g/mol. The van der Waals surface area contributed by atoms with Crippen LogP contribution in [-0.2, 0) is 11.8 Å². The summed E-state index contributed by atoms with van der Waals surface area (Å²) in [6, 6.07) is 18.8. The van der Waals surface area contributed by atoms with Gasteiger partial charge in [-0.15, -0.1) is 0 Å². The van der Waals surface area contributed by atoms with E-state index in [1.165, 1.54) is 6.08 Å². The summed E-state index contributed by atoms with van der Waals surface area (Å²) in [4.78, 5) is 23.7. The van der Waals surface area contributed by atoms with Gasteiger partial charge in [0.05, 0.1) is 10.9 Å². The maximum atomic E-state index is 12.8. The summed E-state index contributed by atoms with van der Waals surface area (Å²) in [6.07, 6.45) is 2.56. The van der Waals surface area contributed by atoms with Crippen molar-refractivity contribution >= 4 is 45.4 Å². The third-order valence-electron chi connectivity index (χ3n) is 4.56. The molecule has 0 atom stereocenters. The van der Waals surface area contributed by atoms with Crippen molar-refractivity contribution in [3.63, 3.8) is 0 Å². The second kappa shape index (κ2) is 7.00. The fraction of sp³-hybridized carbons (Fsp3) is 0.0455. The molecule has 6 nitrogen and oxygen atoms in total. The lowest BCUT2D eigenvalue weighted by Gasteiger charge is -2.06. The van der Waals surface area contributed by atoms with Crippen molar-refractivity contribution in [2.24, 2.45) is 7.05 Å². The van der Waals surface area contributed by atoms with Gasteiger partial charge in [-0.05, 0) is 40.6 Å². The van der Waals surface area contributed by atoms with Gasteiger partial charge < -0.3 is 10.4 Å². The Kier molecular flexibility index (Phi) is 4.37. The smallest absolute Gasteiger partial charge is 0.328 e. The zero-order valence-corrected chi connectivity index (χ0v) is 15.1. The monoisotopic (exact) mass is 371 g/mol. The topological polar surface area (TPSA) is 84.2 Å². The Morgan fingerprint density at radius 2 is 1.82 bits per heavy atom. The Morgan fingerprint density at radius 1 is 1.04 bits per heavy atom. The Morgan fingerprint density at radius 3 is 2.61 bits per heavy atom. The zero-order valence-electron chi connectivity index (χ0n) is 15.1. The summed E-state index contributed by atoms with van der Waals surface area (Å²) in [6.45, 7) is 0. The van der Waals surface area contributed by atoms with Crippen LogP contribution in [0.2, 0.25) is 0 Å². The molecule has 1 amide bonds. The fourth-order valence-electron chi connectivity index (χ4n) is 3.24. The molecule has 0 saturated heterocycles. The minimum Gasteiger partial charge on any atom is -0.478 e. The van der Waals surface area contributed by atoms with Crippen LogP contribution in [-0.4, -0.2) is 26.8 Å². The van der Waals surface area contributed by atoms with E-state index in [9.17, 15) is 9.59 Å². The second-order valence-electron chi connectivity index (χ2n) is 6.40. The molecule has 0 aliphatic heterocycles. The lowest BCUT2D eigenvalue weighted by molar-refractivity contribution is -0.131. The van der Waals surface area contributed by atoms with Crippen LogP contribution in [0.1, 0.15) is 15.9 Å². The van der Waals surface area contributed by atoms with Gasteiger partial charge in [0.1, 0.15) is 0 Å². The largest absolute Gasteiger partial charge is 0.478 e. The highest BCUT2D eigenvalue weighted by atomic mass is 16.4. The van der Waals surface area contributed by atoms with E-state index in [1.807, 2.05) is 48.5 Å². The Bertz CT molecular complexity index is 1250. The molecule has 0 bridgehead atoms. The number of aryl methyl sites for hydroxylation is 1. The molecule has 2 N–H and O–H groups in total. The van der Waals surface area contributed by atoms with Crippen molar-refractivity contribution in [3.05, 3.63) is 77.9 Å². The quantitative estimate of drug-likeness (QED) is 0.530. The van der Waals surface area contributed by atoms with Gasteiger partial charge in [0.15, 0.2) is 5.82 Å². The highest BCUT2D eigenvalue weighted by Gasteiger charge is 2.15. The summed E-state index contributed by atoms with van der Waals surface area (Å²) in [7, 11) is 1.78. The minimum absolute atomic E-state index is 0.275. The first-order valence-corrected chi connectivity index (χ1v) is 8.70. The first kappa shape index (κ1) is 17.5. The van der Waals surface area contributed by atoms with E-state index in [-0.39, 0.29) is 5.91 Å². The average Bonchev–Trinajstić information content (AvgIpc) is 3.02. The number of rotatable bonds is 4. The first-order valence-electron chi connectivity index (χ1n) is 8.70. The zero-order chi connectivity index (χ0) is 19.7. The van der Waals surface area contributed by atoms with Crippen molar-refractivity contribution in [1.82, 2.24) is 9.78 Å². The minimum atomic E-state index is -1.04. The number of nitrogens with zero attached hydrogens (tertiary/aromatic N) is 2. The number of nitrogens with one attached hydrogen (secondary N) is 1. The lowest BCUT2D eigenvalue weighted by Crippen LogP contribution is -2.12. The second-order valence-corrected chi connectivity index (χ2v) is 6.40. The number of aliphatic carboxylic acids is 1. The van der Waals surface area contributed by atoms with Gasteiger partial charge >= 0.3 is 5.97 Å². The number of hydrogen-bond acceptors (Lipinski definition) is 3. The molecule has 0 aliphatic rings. The number of hydrogen-bond donors (Lipinski definition) is 2. The molecule has 0 saturated carbocycles. The summed E-state index contributed by atoms with van der Waals surface area (Å²) in [5.74, 6) is -0.924. The van der Waals surface area contributed by atoms with Crippen molar-refractivity contribution in [2.75, 3.05) is 5.32 Å². The van der Waals surface area contributed by atoms with E-state index < -0.39 is 5.97 Å². The Hall–Kier alpha value is -3.93. The van der Waals surface area contributed by atoms with Crippen LogP contribution in [0.3, 0.4) is 0 Å². The third-order valence-corrected chi connectivity index (χ3v) is 4.56. The number of aromatic nitrogens is 2. The third kappa shape index (κ3) is 3.23. The van der Waals surface area contributed by atoms with Gasteiger partial charge in [-0.2, -0.15) is 5.10 Å². The SMILES string of the molecule is Cn1nc(NC(=O)c2ccc3ccccc3c2)c2c(C=CC(=O)O)cccc21. The Labute approximate surface area is 160 Å². The molecule has 4 aromatic rings. The van der Waals surface area contributed by atoms with Crippen molar-refractivity contribution in [3.8, 4) is 0 Å².